The molecule has 10 heteroatoms. The van der Waals surface area contributed by atoms with Crippen LogP contribution in [0, 0.1) is 0 Å². The summed E-state index contributed by atoms with van der Waals surface area (Å²) in [6.07, 6.45) is -4.41. The Labute approximate surface area is 198 Å². The van der Waals surface area contributed by atoms with E-state index < -0.39 is 36.3 Å². The molecule has 0 aliphatic carbocycles. The van der Waals surface area contributed by atoms with E-state index in [-0.39, 0.29) is 12.3 Å². The van der Waals surface area contributed by atoms with Gasteiger partial charge in [-0.25, -0.2) is 4.79 Å². The predicted molar refractivity (Wildman–Crippen MR) is 120 cm³/mol. The minimum absolute atomic E-state index is 0.118. The average molecular weight is 484 g/mol. The summed E-state index contributed by atoms with van der Waals surface area (Å²) in [4.78, 5) is 25.3. The maximum atomic E-state index is 13.2. The molecule has 0 N–H and O–H groups in total. The van der Waals surface area contributed by atoms with Crippen molar-refractivity contribution in [1.82, 2.24) is 0 Å². The van der Waals surface area contributed by atoms with Gasteiger partial charge in [0.15, 0.2) is 18.1 Å². The van der Waals surface area contributed by atoms with Crippen molar-refractivity contribution in [2.24, 2.45) is 5.10 Å². The fourth-order valence-corrected chi connectivity index (χ4v) is 3.18. The van der Waals surface area contributed by atoms with Gasteiger partial charge in [-0.1, -0.05) is 48.5 Å². The summed E-state index contributed by atoms with van der Waals surface area (Å²) in [5.41, 5.74) is -0.481. The molecule has 180 valence electrons. The fraction of sp³-hybridized carbons (Fsp3) is 0.160. The van der Waals surface area contributed by atoms with Gasteiger partial charge in [0, 0.05) is 0 Å². The average Bonchev–Trinajstić information content (AvgIpc) is 2.87. The minimum atomic E-state index is -4.62. The zero-order valence-corrected chi connectivity index (χ0v) is 18.1. The first-order valence-corrected chi connectivity index (χ1v) is 10.5. The maximum Gasteiger partial charge on any atom is 0.416 e. The van der Waals surface area contributed by atoms with Gasteiger partial charge in [-0.3, -0.25) is 4.79 Å². The van der Waals surface area contributed by atoms with Crippen molar-refractivity contribution in [3.8, 4) is 11.5 Å². The summed E-state index contributed by atoms with van der Waals surface area (Å²) in [5, 5.41) is 4.80. The van der Waals surface area contributed by atoms with Crippen LogP contribution in [0.3, 0.4) is 0 Å². The number of fused-ring (bicyclic) bond motifs is 1. The number of rotatable bonds is 6. The molecule has 0 saturated carbocycles. The normalized spacial score (nSPS) is 15.0. The molecule has 0 bridgehead atoms. The van der Waals surface area contributed by atoms with Crippen LogP contribution in [0.4, 0.5) is 18.9 Å². The first kappa shape index (κ1) is 23.8. The van der Waals surface area contributed by atoms with Crippen molar-refractivity contribution >= 4 is 23.8 Å². The molecule has 1 aliphatic rings. The Morgan fingerprint density at radius 3 is 2.46 bits per heavy atom. The first-order valence-electron chi connectivity index (χ1n) is 10.5. The Bertz CT molecular complexity index is 1230. The van der Waals surface area contributed by atoms with Crippen LogP contribution in [0.5, 0.6) is 11.5 Å². The van der Waals surface area contributed by atoms with E-state index in [0.29, 0.717) is 17.1 Å². The van der Waals surface area contributed by atoms with Gasteiger partial charge in [0.05, 0.1) is 17.5 Å². The molecule has 35 heavy (non-hydrogen) atoms. The third-order valence-electron chi connectivity index (χ3n) is 4.89. The molecule has 3 aromatic carbocycles. The summed E-state index contributed by atoms with van der Waals surface area (Å²) in [7, 11) is 0. The second-order valence-corrected chi connectivity index (χ2v) is 7.38. The molecule has 0 fully saturated rings. The lowest BCUT2D eigenvalue weighted by atomic mass is 10.2. The third kappa shape index (κ3) is 5.97. The SMILES string of the molecule is O=C(OCC(=O)N(N=Cc1ccccc1)c1cccc(C(F)(F)F)c1)C1COc2ccccc2O1. The Balaban J connectivity index is 1.49. The van der Waals surface area contributed by atoms with E-state index in [1.54, 1.807) is 54.6 Å². The number of alkyl halides is 3. The molecule has 0 saturated heterocycles. The van der Waals surface area contributed by atoms with Gasteiger partial charge < -0.3 is 14.2 Å². The molecule has 0 radical (unpaired) electrons. The predicted octanol–water partition coefficient (Wildman–Crippen LogP) is 4.46. The Hall–Kier alpha value is -4.34. The summed E-state index contributed by atoms with van der Waals surface area (Å²) in [5.74, 6) is -0.894. The number of amides is 1. The number of ether oxygens (including phenoxy) is 3. The van der Waals surface area contributed by atoms with Gasteiger partial charge in [-0.2, -0.15) is 23.3 Å². The van der Waals surface area contributed by atoms with E-state index in [0.717, 1.165) is 23.2 Å². The summed E-state index contributed by atoms with van der Waals surface area (Å²) in [6, 6.07) is 19.5. The van der Waals surface area contributed by atoms with Crippen molar-refractivity contribution in [3.63, 3.8) is 0 Å². The lowest BCUT2D eigenvalue weighted by Gasteiger charge is -2.25. The molecule has 3 aromatic rings. The maximum absolute atomic E-state index is 13.2. The fourth-order valence-electron chi connectivity index (χ4n) is 3.18. The smallest absolute Gasteiger partial charge is 0.416 e. The van der Waals surface area contributed by atoms with Crippen molar-refractivity contribution in [2.75, 3.05) is 18.2 Å². The van der Waals surface area contributed by atoms with Crippen LogP contribution in [-0.2, 0) is 20.5 Å². The number of benzene rings is 3. The molecule has 1 amide bonds. The van der Waals surface area contributed by atoms with Gasteiger partial charge in [0.1, 0.15) is 6.61 Å². The quantitative estimate of drug-likeness (QED) is 0.294. The van der Waals surface area contributed by atoms with Crippen molar-refractivity contribution in [3.05, 3.63) is 90.0 Å². The first-order chi connectivity index (χ1) is 16.8. The monoisotopic (exact) mass is 484 g/mol. The lowest BCUT2D eigenvalue weighted by Crippen LogP contribution is -2.40. The van der Waals surface area contributed by atoms with Gasteiger partial charge in [0.25, 0.3) is 5.91 Å². The topological polar surface area (TPSA) is 77.4 Å². The van der Waals surface area contributed by atoms with Crippen molar-refractivity contribution < 1.29 is 37.0 Å². The van der Waals surface area contributed by atoms with E-state index in [1.165, 1.54) is 12.3 Å². The highest BCUT2D eigenvalue weighted by atomic mass is 19.4. The highest BCUT2D eigenvalue weighted by Gasteiger charge is 2.32. The van der Waals surface area contributed by atoms with Crippen molar-refractivity contribution in [2.45, 2.75) is 12.3 Å². The Kier molecular flexibility index (Phi) is 7.00. The van der Waals surface area contributed by atoms with E-state index >= 15 is 0 Å². The molecule has 1 aliphatic heterocycles. The minimum Gasteiger partial charge on any atom is -0.485 e. The van der Waals surface area contributed by atoms with Crippen LogP contribution in [0.15, 0.2) is 84.0 Å². The number of hydrogen-bond donors (Lipinski definition) is 0. The third-order valence-corrected chi connectivity index (χ3v) is 4.89. The van der Waals surface area contributed by atoms with Crippen LogP contribution in [0.1, 0.15) is 11.1 Å². The second kappa shape index (κ2) is 10.3. The van der Waals surface area contributed by atoms with E-state index in [1.807, 2.05) is 0 Å². The van der Waals surface area contributed by atoms with Gasteiger partial charge in [0.2, 0.25) is 6.10 Å². The number of hydrogen-bond acceptors (Lipinski definition) is 6. The molecule has 1 heterocycles. The van der Waals surface area contributed by atoms with Crippen LogP contribution in [-0.4, -0.2) is 37.4 Å². The summed E-state index contributed by atoms with van der Waals surface area (Å²) < 4.78 is 55.7. The van der Waals surface area contributed by atoms with Crippen LogP contribution in [0.2, 0.25) is 0 Å². The number of para-hydroxylation sites is 2. The highest BCUT2D eigenvalue weighted by molar-refractivity contribution is 5.97. The van der Waals surface area contributed by atoms with E-state index in [9.17, 15) is 22.8 Å². The largest absolute Gasteiger partial charge is 0.485 e. The van der Waals surface area contributed by atoms with Gasteiger partial charge in [-0.05, 0) is 35.9 Å². The van der Waals surface area contributed by atoms with Gasteiger partial charge >= 0.3 is 12.1 Å². The standard InChI is InChI=1S/C25H19F3N2O5/c26-25(27,28)18-9-6-10-19(13-18)30(29-14-17-7-2-1-3-8-17)23(31)16-34-24(32)22-15-33-20-11-4-5-12-21(20)35-22/h1-14,22H,15-16H2. The second-order valence-electron chi connectivity index (χ2n) is 7.38. The number of nitrogens with zero attached hydrogens (tertiary/aromatic N) is 2. The number of carbonyl (C=O) groups excluding carboxylic acids is 2. The summed E-state index contributed by atoms with van der Waals surface area (Å²) >= 11 is 0. The molecule has 4 rings (SSSR count). The highest BCUT2D eigenvalue weighted by Crippen LogP contribution is 2.32. The number of anilines is 1. The summed E-state index contributed by atoms with van der Waals surface area (Å²) in [6.45, 7) is -0.893. The van der Waals surface area contributed by atoms with E-state index in [2.05, 4.69) is 5.10 Å². The van der Waals surface area contributed by atoms with Crippen LogP contribution < -0.4 is 14.5 Å². The number of carbonyl (C=O) groups is 2. The van der Waals surface area contributed by atoms with E-state index in [4.69, 9.17) is 14.2 Å². The Morgan fingerprint density at radius 1 is 1.00 bits per heavy atom. The molecule has 0 aromatic heterocycles. The molecule has 0 spiro atoms. The molecular formula is C25H19F3N2O5. The van der Waals surface area contributed by atoms with Crippen molar-refractivity contribution in [1.29, 1.82) is 0 Å². The molecular weight excluding hydrogens is 465 g/mol. The molecule has 1 atom stereocenters. The zero-order chi connectivity index (χ0) is 24.8. The number of halogens is 3. The lowest BCUT2D eigenvalue weighted by molar-refractivity contribution is -0.157. The Morgan fingerprint density at radius 2 is 1.71 bits per heavy atom. The molecule has 7 nitrogen and oxygen atoms in total. The molecule has 1 unspecified atom stereocenters. The number of esters is 1. The van der Waals surface area contributed by atoms with Crippen LogP contribution in [0.25, 0.3) is 0 Å². The number of hydrazone groups is 1. The van der Waals surface area contributed by atoms with Gasteiger partial charge in [-0.15, -0.1) is 0 Å². The van der Waals surface area contributed by atoms with Crippen LogP contribution >= 0.6 is 0 Å². The zero-order valence-electron chi connectivity index (χ0n) is 18.1.